The zero-order valence-electron chi connectivity index (χ0n) is 11.6. The SMILES string of the molecule is CCC(CCN)N1CCN(c2ccc(Cl)cn2)CC1. The summed E-state index contributed by atoms with van der Waals surface area (Å²) in [6.45, 7) is 7.24. The van der Waals surface area contributed by atoms with E-state index >= 15 is 0 Å². The first-order valence-electron chi connectivity index (χ1n) is 7.05. The Hall–Kier alpha value is -0.840. The molecule has 0 aromatic carbocycles. The predicted octanol–water partition coefficient (Wildman–Crippen LogP) is 1.98. The van der Waals surface area contributed by atoms with Gasteiger partial charge in [-0.25, -0.2) is 4.98 Å². The smallest absolute Gasteiger partial charge is 0.128 e. The molecule has 19 heavy (non-hydrogen) atoms. The summed E-state index contributed by atoms with van der Waals surface area (Å²) in [4.78, 5) is 9.26. The Bertz CT molecular complexity index is 374. The molecule has 1 aliphatic rings. The second kappa shape index (κ2) is 7.08. The van der Waals surface area contributed by atoms with Crippen molar-refractivity contribution in [3.05, 3.63) is 23.4 Å². The molecule has 1 fully saturated rings. The lowest BCUT2D eigenvalue weighted by Crippen LogP contribution is -2.50. The molecule has 4 nitrogen and oxygen atoms in total. The number of piperazine rings is 1. The van der Waals surface area contributed by atoms with Gasteiger partial charge in [-0.2, -0.15) is 0 Å². The third-order valence-corrected chi connectivity index (χ3v) is 4.06. The zero-order chi connectivity index (χ0) is 13.7. The summed E-state index contributed by atoms with van der Waals surface area (Å²) < 4.78 is 0. The summed E-state index contributed by atoms with van der Waals surface area (Å²) >= 11 is 5.87. The molecule has 1 atom stereocenters. The van der Waals surface area contributed by atoms with Gasteiger partial charge in [0.05, 0.1) is 5.02 Å². The van der Waals surface area contributed by atoms with Crippen LogP contribution in [-0.2, 0) is 0 Å². The summed E-state index contributed by atoms with van der Waals surface area (Å²) in [5.74, 6) is 1.02. The van der Waals surface area contributed by atoms with Crippen LogP contribution in [0.15, 0.2) is 18.3 Å². The number of halogens is 1. The first kappa shape index (κ1) is 14.6. The Balaban J connectivity index is 1.89. The van der Waals surface area contributed by atoms with E-state index in [1.54, 1.807) is 6.20 Å². The van der Waals surface area contributed by atoms with Crippen molar-refractivity contribution in [1.82, 2.24) is 9.88 Å². The van der Waals surface area contributed by atoms with Gasteiger partial charge in [0.2, 0.25) is 0 Å². The van der Waals surface area contributed by atoms with Gasteiger partial charge in [0.1, 0.15) is 5.82 Å². The molecule has 0 amide bonds. The number of anilines is 1. The van der Waals surface area contributed by atoms with Crippen LogP contribution in [0.1, 0.15) is 19.8 Å². The van der Waals surface area contributed by atoms with Crippen molar-refractivity contribution < 1.29 is 0 Å². The number of nitrogens with zero attached hydrogens (tertiary/aromatic N) is 3. The maximum absolute atomic E-state index is 5.87. The van der Waals surface area contributed by atoms with E-state index in [1.165, 1.54) is 6.42 Å². The third-order valence-electron chi connectivity index (χ3n) is 3.84. The van der Waals surface area contributed by atoms with Crippen LogP contribution in [0, 0.1) is 0 Å². The Morgan fingerprint density at radius 3 is 2.58 bits per heavy atom. The molecule has 2 heterocycles. The van der Waals surface area contributed by atoms with Gasteiger partial charge < -0.3 is 10.6 Å². The van der Waals surface area contributed by atoms with Crippen LogP contribution in [0.5, 0.6) is 0 Å². The summed E-state index contributed by atoms with van der Waals surface area (Å²) in [5.41, 5.74) is 5.68. The normalized spacial score (nSPS) is 18.6. The quantitative estimate of drug-likeness (QED) is 0.897. The summed E-state index contributed by atoms with van der Waals surface area (Å²) in [5, 5.41) is 0.691. The van der Waals surface area contributed by atoms with E-state index in [4.69, 9.17) is 17.3 Å². The molecule has 5 heteroatoms. The Morgan fingerprint density at radius 2 is 2.05 bits per heavy atom. The summed E-state index contributed by atoms with van der Waals surface area (Å²) in [7, 11) is 0. The lowest BCUT2D eigenvalue weighted by molar-refractivity contribution is 0.173. The van der Waals surface area contributed by atoms with E-state index < -0.39 is 0 Å². The van der Waals surface area contributed by atoms with Gasteiger partial charge in [0, 0.05) is 38.4 Å². The topological polar surface area (TPSA) is 45.4 Å². The maximum Gasteiger partial charge on any atom is 0.128 e. The Morgan fingerprint density at radius 1 is 1.32 bits per heavy atom. The van der Waals surface area contributed by atoms with Crippen molar-refractivity contribution in [2.24, 2.45) is 5.73 Å². The van der Waals surface area contributed by atoms with Crippen molar-refractivity contribution in [1.29, 1.82) is 0 Å². The minimum absolute atomic E-state index is 0.630. The van der Waals surface area contributed by atoms with E-state index in [9.17, 15) is 0 Å². The molecular weight excluding hydrogens is 260 g/mol. The number of hydrogen-bond donors (Lipinski definition) is 1. The van der Waals surface area contributed by atoms with Gasteiger partial charge in [-0.05, 0) is 31.5 Å². The van der Waals surface area contributed by atoms with Crippen LogP contribution in [0.2, 0.25) is 5.02 Å². The molecule has 2 N–H and O–H groups in total. The van der Waals surface area contributed by atoms with Crippen LogP contribution < -0.4 is 10.6 Å². The highest BCUT2D eigenvalue weighted by Crippen LogP contribution is 2.18. The van der Waals surface area contributed by atoms with E-state index in [-0.39, 0.29) is 0 Å². The fourth-order valence-corrected chi connectivity index (χ4v) is 2.82. The fourth-order valence-electron chi connectivity index (χ4n) is 2.71. The lowest BCUT2D eigenvalue weighted by Gasteiger charge is -2.39. The lowest BCUT2D eigenvalue weighted by atomic mass is 10.1. The second-order valence-electron chi connectivity index (χ2n) is 5.00. The van der Waals surface area contributed by atoms with Gasteiger partial charge in [-0.1, -0.05) is 18.5 Å². The van der Waals surface area contributed by atoms with Crippen molar-refractivity contribution >= 4 is 17.4 Å². The number of hydrogen-bond acceptors (Lipinski definition) is 4. The van der Waals surface area contributed by atoms with Gasteiger partial charge in [0.25, 0.3) is 0 Å². The largest absolute Gasteiger partial charge is 0.354 e. The molecule has 0 aliphatic carbocycles. The highest BCUT2D eigenvalue weighted by molar-refractivity contribution is 6.30. The van der Waals surface area contributed by atoms with Gasteiger partial charge >= 0.3 is 0 Å². The highest BCUT2D eigenvalue weighted by Gasteiger charge is 2.22. The average molecular weight is 283 g/mol. The average Bonchev–Trinajstić information content (AvgIpc) is 2.46. The summed E-state index contributed by atoms with van der Waals surface area (Å²) in [6.07, 6.45) is 3.98. The van der Waals surface area contributed by atoms with Crippen LogP contribution in [-0.4, -0.2) is 48.6 Å². The number of nitrogens with two attached hydrogens (primary N) is 1. The minimum Gasteiger partial charge on any atom is -0.354 e. The molecule has 0 bridgehead atoms. The first-order valence-corrected chi connectivity index (χ1v) is 7.43. The molecule has 106 valence electrons. The molecule has 1 saturated heterocycles. The van der Waals surface area contributed by atoms with Crippen molar-refractivity contribution in [2.45, 2.75) is 25.8 Å². The molecule has 1 unspecified atom stereocenters. The summed E-state index contributed by atoms with van der Waals surface area (Å²) in [6, 6.07) is 4.53. The highest BCUT2D eigenvalue weighted by atomic mass is 35.5. The van der Waals surface area contributed by atoms with Crippen molar-refractivity contribution in [3.8, 4) is 0 Å². The number of pyridine rings is 1. The van der Waals surface area contributed by atoms with E-state index in [1.807, 2.05) is 12.1 Å². The maximum atomic E-state index is 5.87. The minimum atomic E-state index is 0.630. The van der Waals surface area contributed by atoms with Gasteiger partial charge in [-0.3, -0.25) is 4.90 Å². The number of aromatic nitrogens is 1. The van der Waals surface area contributed by atoms with E-state index in [2.05, 4.69) is 21.7 Å². The Labute approximate surface area is 120 Å². The van der Waals surface area contributed by atoms with Gasteiger partial charge in [0.15, 0.2) is 0 Å². The van der Waals surface area contributed by atoms with Crippen LogP contribution in [0.25, 0.3) is 0 Å². The fraction of sp³-hybridized carbons (Fsp3) is 0.643. The van der Waals surface area contributed by atoms with Crippen molar-refractivity contribution in [2.75, 3.05) is 37.6 Å². The second-order valence-corrected chi connectivity index (χ2v) is 5.43. The Kier molecular flexibility index (Phi) is 5.43. The van der Waals surface area contributed by atoms with Crippen LogP contribution in [0.3, 0.4) is 0 Å². The first-order chi connectivity index (χ1) is 9.24. The molecule has 1 aromatic heterocycles. The molecule has 0 spiro atoms. The molecule has 0 saturated carbocycles. The van der Waals surface area contributed by atoms with Crippen molar-refractivity contribution in [3.63, 3.8) is 0 Å². The third kappa shape index (κ3) is 3.81. The van der Waals surface area contributed by atoms with Gasteiger partial charge in [-0.15, -0.1) is 0 Å². The molecule has 2 rings (SSSR count). The molecule has 0 radical (unpaired) electrons. The monoisotopic (exact) mass is 282 g/mol. The van der Waals surface area contributed by atoms with Crippen LogP contribution >= 0.6 is 11.6 Å². The molecule has 1 aliphatic heterocycles. The zero-order valence-corrected chi connectivity index (χ0v) is 12.3. The standard InChI is InChI=1S/C14H23ClN4/c1-2-13(5-6-16)18-7-9-19(10-8-18)14-4-3-12(15)11-17-14/h3-4,11,13H,2,5-10,16H2,1H3. The van der Waals surface area contributed by atoms with E-state index in [0.29, 0.717) is 11.1 Å². The van der Waals surface area contributed by atoms with E-state index in [0.717, 1.165) is 45.0 Å². The number of rotatable bonds is 5. The molecule has 1 aromatic rings. The molecular formula is C14H23ClN4. The van der Waals surface area contributed by atoms with Crippen LogP contribution in [0.4, 0.5) is 5.82 Å². The predicted molar refractivity (Wildman–Crippen MR) is 80.8 cm³/mol.